The Morgan fingerprint density at radius 1 is 1.43 bits per heavy atom. The number of rotatable bonds is 5. The molecule has 7 nitrogen and oxygen atoms in total. The Morgan fingerprint density at radius 3 is 2.91 bits per heavy atom. The van der Waals surface area contributed by atoms with Gasteiger partial charge in [0.1, 0.15) is 5.75 Å². The van der Waals surface area contributed by atoms with Gasteiger partial charge in [0.05, 0.1) is 25.4 Å². The van der Waals surface area contributed by atoms with Crippen molar-refractivity contribution in [2.24, 2.45) is 17.1 Å². The molecule has 0 bridgehead atoms. The molecule has 2 aliphatic heterocycles. The molecular weight excluding hydrogens is 300 g/mol. The normalized spacial score (nSPS) is 26.1. The summed E-state index contributed by atoms with van der Waals surface area (Å²) in [5, 5.41) is 9.63. The summed E-state index contributed by atoms with van der Waals surface area (Å²) < 4.78 is 10.9. The molecule has 23 heavy (non-hydrogen) atoms. The second-order valence-corrected chi connectivity index (χ2v) is 6.16. The van der Waals surface area contributed by atoms with Crippen molar-refractivity contribution in [2.45, 2.75) is 0 Å². The Morgan fingerprint density at radius 2 is 2.22 bits per heavy atom. The third kappa shape index (κ3) is 2.89. The van der Waals surface area contributed by atoms with Crippen molar-refractivity contribution in [2.75, 3.05) is 39.5 Å². The molecule has 0 radical (unpaired) electrons. The predicted molar refractivity (Wildman–Crippen MR) is 80.9 cm³/mol. The van der Waals surface area contributed by atoms with Crippen LogP contribution >= 0.6 is 0 Å². The van der Waals surface area contributed by atoms with E-state index in [1.54, 1.807) is 29.2 Å². The van der Waals surface area contributed by atoms with Crippen LogP contribution in [0.1, 0.15) is 10.4 Å². The second-order valence-electron chi connectivity index (χ2n) is 6.16. The Kier molecular flexibility index (Phi) is 4.23. The number of ether oxygens (including phenoxy) is 2. The van der Waals surface area contributed by atoms with Crippen LogP contribution in [-0.2, 0) is 9.53 Å². The summed E-state index contributed by atoms with van der Waals surface area (Å²) >= 11 is 0. The van der Waals surface area contributed by atoms with Gasteiger partial charge in [-0.05, 0) is 12.1 Å². The molecule has 2 saturated heterocycles. The van der Waals surface area contributed by atoms with E-state index in [1.165, 1.54) is 0 Å². The van der Waals surface area contributed by atoms with Crippen LogP contribution in [0.3, 0.4) is 0 Å². The standard InChI is InChI=1S/C16H20N2O5/c17-15(21)12-3-1-2-4-13(12)23-7-14(20)18-5-11-6-22-10-16(11,8-18)9-19/h1-4,11,19H,5-10H2,(H2,17,21)/t11-,16-/m0/s1. The van der Waals surface area contributed by atoms with Crippen molar-refractivity contribution in [3.63, 3.8) is 0 Å². The highest BCUT2D eigenvalue weighted by Crippen LogP contribution is 2.40. The van der Waals surface area contributed by atoms with Crippen molar-refractivity contribution in [3.8, 4) is 5.75 Å². The molecule has 2 heterocycles. The molecule has 2 atom stereocenters. The Hall–Kier alpha value is -2.12. The molecule has 7 heteroatoms. The molecule has 0 spiro atoms. The summed E-state index contributed by atoms with van der Waals surface area (Å²) in [5.74, 6) is -0.311. The van der Waals surface area contributed by atoms with Gasteiger partial charge in [0.2, 0.25) is 0 Å². The fraction of sp³-hybridized carbons (Fsp3) is 0.500. The maximum Gasteiger partial charge on any atom is 0.260 e. The number of aliphatic hydroxyl groups is 1. The number of hydrogen-bond acceptors (Lipinski definition) is 5. The number of likely N-dealkylation sites (tertiary alicyclic amines) is 1. The Labute approximate surface area is 134 Å². The SMILES string of the molecule is NC(=O)c1ccccc1OCC(=O)N1C[C@H]2COC[C@@]2(CO)C1. The van der Waals surface area contributed by atoms with Crippen molar-refractivity contribution < 1.29 is 24.2 Å². The number of carbonyl (C=O) groups is 2. The second kappa shape index (κ2) is 6.17. The highest BCUT2D eigenvalue weighted by molar-refractivity contribution is 5.95. The van der Waals surface area contributed by atoms with Gasteiger partial charge in [0, 0.05) is 24.4 Å². The Balaban J connectivity index is 1.62. The molecular formula is C16H20N2O5. The molecule has 2 aliphatic rings. The van der Waals surface area contributed by atoms with Gasteiger partial charge in [0.15, 0.2) is 6.61 Å². The minimum absolute atomic E-state index is 0.00676. The van der Waals surface area contributed by atoms with E-state index in [1.807, 2.05) is 0 Å². The number of nitrogens with zero attached hydrogens (tertiary/aromatic N) is 1. The topological polar surface area (TPSA) is 102 Å². The zero-order chi connectivity index (χ0) is 16.4. The van der Waals surface area contributed by atoms with Gasteiger partial charge < -0.3 is 25.2 Å². The molecule has 3 N–H and O–H groups in total. The summed E-state index contributed by atoms with van der Waals surface area (Å²) in [7, 11) is 0. The first-order valence-corrected chi connectivity index (χ1v) is 7.54. The minimum atomic E-state index is -0.597. The maximum atomic E-state index is 12.4. The Bertz CT molecular complexity index is 620. The molecule has 3 rings (SSSR count). The first-order valence-electron chi connectivity index (χ1n) is 7.54. The molecule has 2 fully saturated rings. The number of carbonyl (C=O) groups excluding carboxylic acids is 2. The van der Waals surface area contributed by atoms with Crippen LogP contribution in [0.15, 0.2) is 24.3 Å². The van der Waals surface area contributed by atoms with Crippen LogP contribution in [0.2, 0.25) is 0 Å². The molecule has 2 amide bonds. The smallest absolute Gasteiger partial charge is 0.260 e. The average molecular weight is 320 g/mol. The largest absolute Gasteiger partial charge is 0.483 e. The maximum absolute atomic E-state index is 12.4. The fourth-order valence-electron chi connectivity index (χ4n) is 3.27. The molecule has 124 valence electrons. The van der Waals surface area contributed by atoms with E-state index >= 15 is 0 Å². The molecule has 0 aromatic heterocycles. The predicted octanol–water partition coefficient (Wildman–Crippen LogP) is -0.368. The number of primary amides is 1. The number of amides is 2. The number of benzene rings is 1. The highest BCUT2D eigenvalue weighted by Gasteiger charge is 2.51. The van der Waals surface area contributed by atoms with Crippen molar-refractivity contribution >= 4 is 11.8 Å². The summed E-state index contributed by atoms with van der Waals surface area (Å²) in [6.45, 7) is 1.90. The van der Waals surface area contributed by atoms with Gasteiger partial charge in [-0.1, -0.05) is 12.1 Å². The van der Waals surface area contributed by atoms with E-state index in [-0.39, 0.29) is 36.0 Å². The van der Waals surface area contributed by atoms with Crippen LogP contribution < -0.4 is 10.5 Å². The lowest BCUT2D eigenvalue weighted by Crippen LogP contribution is -2.38. The van der Waals surface area contributed by atoms with E-state index in [0.29, 0.717) is 32.1 Å². The van der Waals surface area contributed by atoms with Gasteiger partial charge in [-0.2, -0.15) is 0 Å². The van der Waals surface area contributed by atoms with E-state index < -0.39 is 5.91 Å². The zero-order valence-electron chi connectivity index (χ0n) is 12.7. The van der Waals surface area contributed by atoms with Gasteiger partial charge >= 0.3 is 0 Å². The number of fused-ring (bicyclic) bond motifs is 1. The third-order valence-corrected chi connectivity index (χ3v) is 4.69. The summed E-state index contributed by atoms with van der Waals surface area (Å²) in [5.41, 5.74) is 5.19. The van der Waals surface area contributed by atoms with Crippen LogP contribution in [0.5, 0.6) is 5.75 Å². The van der Waals surface area contributed by atoms with Crippen LogP contribution in [-0.4, -0.2) is 61.3 Å². The fourth-order valence-corrected chi connectivity index (χ4v) is 3.27. The van der Waals surface area contributed by atoms with Gasteiger partial charge in [-0.15, -0.1) is 0 Å². The molecule has 0 aliphatic carbocycles. The van der Waals surface area contributed by atoms with Crippen LogP contribution in [0.4, 0.5) is 0 Å². The third-order valence-electron chi connectivity index (χ3n) is 4.69. The molecule has 1 aromatic carbocycles. The average Bonchev–Trinajstić information content (AvgIpc) is 3.10. The van der Waals surface area contributed by atoms with Crippen molar-refractivity contribution in [3.05, 3.63) is 29.8 Å². The van der Waals surface area contributed by atoms with Crippen molar-refractivity contribution in [1.29, 1.82) is 0 Å². The van der Waals surface area contributed by atoms with Gasteiger partial charge in [0.25, 0.3) is 11.8 Å². The summed E-state index contributed by atoms with van der Waals surface area (Å²) in [6.07, 6.45) is 0. The van der Waals surface area contributed by atoms with Crippen molar-refractivity contribution in [1.82, 2.24) is 4.90 Å². The number of para-hydroxylation sites is 1. The number of nitrogens with two attached hydrogens (primary N) is 1. The van der Waals surface area contributed by atoms with Gasteiger partial charge in [-0.3, -0.25) is 9.59 Å². The first kappa shape index (κ1) is 15.8. The summed E-state index contributed by atoms with van der Waals surface area (Å²) in [4.78, 5) is 25.4. The lowest BCUT2D eigenvalue weighted by atomic mass is 9.82. The molecule has 1 aromatic rings. The quantitative estimate of drug-likeness (QED) is 0.771. The van der Waals surface area contributed by atoms with Gasteiger partial charge in [-0.25, -0.2) is 0 Å². The van der Waals surface area contributed by atoms with Crippen LogP contribution in [0, 0.1) is 11.3 Å². The van der Waals surface area contributed by atoms with E-state index in [9.17, 15) is 14.7 Å². The first-order chi connectivity index (χ1) is 11.1. The van der Waals surface area contributed by atoms with E-state index in [4.69, 9.17) is 15.2 Å². The van der Waals surface area contributed by atoms with E-state index in [2.05, 4.69) is 0 Å². The molecule has 0 unspecified atom stereocenters. The lowest BCUT2D eigenvalue weighted by molar-refractivity contribution is -0.133. The number of aliphatic hydroxyl groups excluding tert-OH is 1. The van der Waals surface area contributed by atoms with Crippen LogP contribution in [0.25, 0.3) is 0 Å². The zero-order valence-corrected chi connectivity index (χ0v) is 12.7. The number of hydrogen-bond donors (Lipinski definition) is 2. The highest BCUT2D eigenvalue weighted by atomic mass is 16.5. The lowest BCUT2D eigenvalue weighted by Gasteiger charge is -2.24. The monoisotopic (exact) mass is 320 g/mol. The molecule has 0 saturated carbocycles. The van der Waals surface area contributed by atoms with E-state index in [0.717, 1.165) is 0 Å². The summed E-state index contributed by atoms with van der Waals surface area (Å²) in [6, 6.07) is 6.56. The minimum Gasteiger partial charge on any atom is -0.483 e.